The van der Waals surface area contributed by atoms with Gasteiger partial charge in [0.05, 0.1) is 11.4 Å². The topological polar surface area (TPSA) is 59.8 Å². The van der Waals surface area contributed by atoms with Crippen molar-refractivity contribution < 1.29 is 4.79 Å². The minimum Gasteiger partial charge on any atom is -0.344 e. The molecule has 0 radical (unpaired) electrons. The van der Waals surface area contributed by atoms with Crippen molar-refractivity contribution in [2.45, 2.75) is 64.5 Å². The molecule has 0 saturated carbocycles. The maximum absolute atomic E-state index is 12.4. The number of carbonyl (C=O) groups is 1. The van der Waals surface area contributed by atoms with Gasteiger partial charge >= 0.3 is 0 Å². The van der Waals surface area contributed by atoms with Gasteiger partial charge < -0.3 is 9.88 Å². The second-order valence-electron chi connectivity index (χ2n) is 6.44. The summed E-state index contributed by atoms with van der Waals surface area (Å²) in [5.41, 5.74) is 1.38. The summed E-state index contributed by atoms with van der Waals surface area (Å²) in [6.45, 7) is 1.44. The number of nitrogens with zero attached hydrogens (tertiary/aromatic N) is 3. The summed E-state index contributed by atoms with van der Waals surface area (Å²) in [6, 6.07) is 2.08. The van der Waals surface area contributed by atoms with Crippen LogP contribution in [-0.2, 0) is 32.4 Å². The van der Waals surface area contributed by atoms with E-state index >= 15 is 0 Å². The second-order valence-corrected chi connectivity index (χ2v) is 7.58. The van der Waals surface area contributed by atoms with E-state index in [1.165, 1.54) is 42.5 Å². The molecule has 1 aliphatic carbocycles. The molecule has 3 heterocycles. The molecule has 6 heteroatoms. The van der Waals surface area contributed by atoms with Gasteiger partial charge in [0.25, 0.3) is 5.91 Å². The highest BCUT2D eigenvalue weighted by Gasteiger charge is 2.19. The molecule has 4 rings (SSSR count). The zero-order valence-electron chi connectivity index (χ0n) is 13.3. The predicted octanol–water partition coefficient (Wildman–Crippen LogP) is 2.87. The van der Waals surface area contributed by atoms with Crippen LogP contribution in [0.2, 0.25) is 0 Å². The van der Waals surface area contributed by atoms with Crippen LogP contribution in [0.1, 0.15) is 63.9 Å². The Labute approximate surface area is 140 Å². The molecule has 2 aliphatic rings. The highest BCUT2D eigenvalue weighted by atomic mass is 32.1. The van der Waals surface area contributed by atoms with Crippen molar-refractivity contribution in [3.05, 3.63) is 33.0 Å². The van der Waals surface area contributed by atoms with Gasteiger partial charge in [0.1, 0.15) is 5.82 Å². The predicted molar refractivity (Wildman–Crippen MR) is 89.7 cm³/mol. The van der Waals surface area contributed by atoms with Crippen molar-refractivity contribution in [3.63, 3.8) is 0 Å². The van der Waals surface area contributed by atoms with Crippen LogP contribution in [-0.4, -0.2) is 20.7 Å². The number of aromatic nitrogens is 3. The van der Waals surface area contributed by atoms with Gasteiger partial charge in [-0.05, 0) is 50.2 Å². The monoisotopic (exact) mass is 330 g/mol. The van der Waals surface area contributed by atoms with E-state index < -0.39 is 0 Å². The molecule has 0 atom stereocenters. The fourth-order valence-electron chi connectivity index (χ4n) is 3.53. The summed E-state index contributed by atoms with van der Waals surface area (Å²) in [4.78, 5) is 14.7. The molecule has 0 fully saturated rings. The van der Waals surface area contributed by atoms with E-state index in [-0.39, 0.29) is 5.91 Å². The Morgan fingerprint density at radius 2 is 2.00 bits per heavy atom. The fraction of sp³-hybridized carbons (Fsp3) is 0.588. The summed E-state index contributed by atoms with van der Waals surface area (Å²) in [6.07, 6.45) is 9.35. The molecule has 2 aromatic rings. The Morgan fingerprint density at radius 3 is 2.91 bits per heavy atom. The molecule has 0 aromatic carbocycles. The SMILES string of the molecule is O=C(NCc1nnc2n1CCCCC2)c1cc2c(s1)CCCC2. The molecule has 2 aromatic heterocycles. The van der Waals surface area contributed by atoms with E-state index in [1.807, 2.05) is 0 Å². The molecule has 0 spiro atoms. The number of carbonyl (C=O) groups excluding carboxylic acids is 1. The minimum absolute atomic E-state index is 0.0235. The van der Waals surface area contributed by atoms with Crippen LogP contribution in [0.15, 0.2) is 6.07 Å². The van der Waals surface area contributed by atoms with Crippen LogP contribution in [0.4, 0.5) is 0 Å². The first kappa shape index (κ1) is 14.9. The normalized spacial score (nSPS) is 17.2. The average Bonchev–Trinajstić information content (AvgIpc) is 3.10. The summed E-state index contributed by atoms with van der Waals surface area (Å²) in [5.74, 6) is 1.98. The summed E-state index contributed by atoms with van der Waals surface area (Å²) >= 11 is 1.66. The average molecular weight is 330 g/mol. The Morgan fingerprint density at radius 1 is 1.13 bits per heavy atom. The Bertz CT molecular complexity index is 695. The molecule has 1 amide bonds. The third-order valence-electron chi connectivity index (χ3n) is 4.81. The lowest BCUT2D eigenvalue weighted by molar-refractivity contribution is 0.0953. The summed E-state index contributed by atoms with van der Waals surface area (Å²) in [7, 11) is 0. The lowest BCUT2D eigenvalue weighted by atomic mass is 9.99. The zero-order chi connectivity index (χ0) is 15.6. The lowest BCUT2D eigenvalue weighted by Gasteiger charge is -2.08. The van der Waals surface area contributed by atoms with Crippen LogP contribution >= 0.6 is 11.3 Å². The number of fused-ring (bicyclic) bond motifs is 2. The van der Waals surface area contributed by atoms with Crippen LogP contribution in [0, 0.1) is 0 Å². The lowest BCUT2D eigenvalue weighted by Crippen LogP contribution is -2.24. The molecule has 23 heavy (non-hydrogen) atoms. The van der Waals surface area contributed by atoms with Gasteiger partial charge in [-0.1, -0.05) is 6.42 Å². The highest BCUT2D eigenvalue weighted by molar-refractivity contribution is 7.14. The largest absolute Gasteiger partial charge is 0.344 e. The maximum Gasteiger partial charge on any atom is 0.261 e. The standard InChI is InChI=1S/C17H22N4OS/c22-17(14-10-12-6-3-4-7-13(12)23-14)18-11-16-20-19-15-8-2-1-5-9-21(15)16/h10H,1-9,11H2,(H,18,22). The molecule has 0 unspecified atom stereocenters. The van der Waals surface area contributed by atoms with E-state index in [0.717, 1.165) is 42.3 Å². The van der Waals surface area contributed by atoms with Crippen molar-refractivity contribution in [1.29, 1.82) is 0 Å². The Balaban J connectivity index is 1.44. The number of nitrogens with one attached hydrogen (secondary N) is 1. The van der Waals surface area contributed by atoms with Gasteiger partial charge in [-0.2, -0.15) is 0 Å². The van der Waals surface area contributed by atoms with Crippen molar-refractivity contribution in [3.8, 4) is 0 Å². The van der Waals surface area contributed by atoms with E-state index in [2.05, 4.69) is 26.1 Å². The number of thiophene rings is 1. The van der Waals surface area contributed by atoms with Crippen LogP contribution in [0.25, 0.3) is 0 Å². The van der Waals surface area contributed by atoms with Gasteiger partial charge in [0.15, 0.2) is 5.82 Å². The van der Waals surface area contributed by atoms with Gasteiger partial charge in [-0.3, -0.25) is 4.79 Å². The number of hydrogen-bond acceptors (Lipinski definition) is 4. The third kappa shape index (κ3) is 3.04. The quantitative estimate of drug-likeness (QED) is 0.941. The molecule has 5 nitrogen and oxygen atoms in total. The first-order chi connectivity index (χ1) is 11.3. The Kier molecular flexibility index (Phi) is 4.16. The van der Waals surface area contributed by atoms with E-state index in [0.29, 0.717) is 6.54 Å². The zero-order valence-corrected chi connectivity index (χ0v) is 14.1. The van der Waals surface area contributed by atoms with Crippen LogP contribution in [0.5, 0.6) is 0 Å². The highest BCUT2D eigenvalue weighted by Crippen LogP contribution is 2.29. The van der Waals surface area contributed by atoms with E-state index in [9.17, 15) is 4.79 Å². The summed E-state index contributed by atoms with van der Waals surface area (Å²) in [5, 5.41) is 11.6. The smallest absolute Gasteiger partial charge is 0.261 e. The van der Waals surface area contributed by atoms with Gasteiger partial charge in [-0.15, -0.1) is 21.5 Å². The second kappa shape index (κ2) is 6.43. The van der Waals surface area contributed by atoms with Crippen molar-refractivity contribution >= 4 is 17.2 Å². The summed E-state index contributed by atoms with van der Waals surface area (Å²) < 4.78 is 2.19. The molecule has 1 aliphatic heterocycles. The number of rotatable bonds is 3. The number of amides is 1. The van der Waals surface area contributed by atoms with Crippen LogP contribution < -0.4 is 5.32 Å². The number of hydrogen-bond donors (Lipinski definition) is 1. The molecular formula is C17H22N4OS. The van der Waals surface area contributed by atoms with Gasteiger partial charge in [-0.25, -0.2) is 0 Å². The first-order valence-electron chi connectivity index (χ1n) is 8.62. The molecule has 122 valence electrons. The maximum atomic E-state index is 12.4. The Hall–Kier alpha value is -1.69. The van der Waals surface area contributed by atoms with E-state index in [1.54, 1.807) is 11.3 Å². The molecular weight excluding hydrogens is 308 g/mol. The third-order valence-corrected chi connectivity index (χ3v) is 6.05. The molecule has 0 saturated heterocycles. The van der Waals surface area contributed by atoms with Crippen LogP contribution in [0.3, 0.4) is 0 Å². The van der Waals surface area contributed by atoms with Crippen molar-refractivity contribution in [1.82, 2.24) is 20.1 Å². The van der Waals surface area contributed by atoms with Gasteiger partial charge in [0, 0.05) is 17.8 Å². The first-order valence-corrected chi connectivity index (χ1v) is 9.43. The fourth-order valence-corrected chi connectivity index (χ4v) is 4.70. The minimum atomic E-state index is 0.0235. The van der Waals surface area contributed by atoms with Crippen molar-refractivity contribution in [2.24, 2.45) is 0 Å². The number of aryl methyl sites for hydroxylation is 3. The van der Waals surface area contributed by atoms with Gasteiger partial charge in [0.2, 0.25) is 0 Å². The van der Waals surface area contributed by atoms with Crippen molar-refractivity contribution in [2.75, 3.05) is 0 Å². The van der Waals surface area contributed by atoms with E-state index in [4.69, 9.17) is 0 Å². The molecule has 0 bridgehead atoms. The molecule has 1 N–H and O–H groups in total.